The van der Waals surface area contributed by atoms with E-state index >= 15 is 0 Å². The van der Waals surface area contributed by atoms with Crippen molar-refractivity contribution in [2.24, 2.45) is 11.7 Å². The molecule has 0 radical (unpaired) electrons. The SMILES string of the molecule is CC(C)C(NS(=O)(=O)C1CCOCC1)C(N)=S. The molecule has 1 saturated heterocycles. The molecule has 100 valence electrons. The minimum atomic E-state index is -3.37. The van der Waals surface area contributed by atoms with Gasteiger partial charge in [0.1, 0.15) is 0 Å². The molecule has 1 aliphatic rings. The second kappa shape index (κ2) is 6.08. The molecule has 0 aromatic heterocycles. The predicted octanol–water partition coefficient (Wildman–Crippen LogP) is 0.396. The Balaban J connectivity index is 2.73. The summed E-state index contributed by atoms with van der Waals surface area (Å²) >= 11 is 4.89. The van der Waals surface area contributed by atoms with Gasteiger partial charge >= 0.3 is 0 Å². The van der Waals surface area contributed by atoms with Gasteiger partial charge in [0, 0.05) is 13.2 Å². The average molecular weight is 280 g/mol. The van der Waals surface area contributed by atoms with Crippen molar-refractivity contribution < 1.29 is 13.2 Å². The maximum absolute atomic E-state index is 12.1. The van der Waals surface area contributed by atoms with Gasteiger partial charge in [0.2, 0.25) is 10.0 Å². The highest BCUT2D eigenvalue weighted by Gasteiger charge is 2.31. The number of ether oxygens (including phenoxy) is 1. The molecule has 1 heterocycles. The molecule has 0 aromatic rings. The van der Waals surface area contributed by atoms with Crippen molar-refractivity contribution in [3.05, 3.63) is 0 Å². The summed E-state index contributed by atoms with van der Waals surface area (Å²) in [7, 11) is -3.37. The first-order chi connectivity index (χ1) is 7.84. The largest absolute Gasteiger partial charge is 0.392 e. The molecule has 1 aliphatic heterocycles. The van der Waals surface area contributed by atoms with Gasteiger partial charge in [-0.05, 0) is 18.8 Å². The number of nitrogens with two attached hydrogens (primary N) is 1. The van der Waals surface area contributed by atoms with Gasteiger partial charge in [-0.3, -0.25) is 0 Å². The quantitative estimate of drug-likeness (QED) is 0.712. The van der Waals surface area contributed by atoms with E-state index in [4.69, 9.17) is 22.7 Å². The van der Waals surface area contributed by atoms with Crippen LogP contribution in [0, 0.1) is 5.92 Å². The van der Waals surface area contributed by atoms with Crippen LogP contribution in [0.5, 0.6) is 0 Å². The standard InChI is InChI=1S/C10H20N2O3S2/c1-7(2)9(10(11)16)12-17(13,14)8-3-5-15-6-4-8/h7-9,12H,3-6H2,1-2H3,(H2,11,16). The lowest BCUT2D eigenvalue weighted by Gasteiger charge is -2.27. The highest BCUT2D eigenvalue weighted by Crippen LogP contribution is 2.16. The Labute approximate surface area is 108 Å². The predicted molar refractivity (Wildman–Crippen MR) is 71.3 cm³/mol. The first-order valence-corrected chi connectivity index (χ1v) is 7.68. The second-order valence-corrected chi connectivity index (χ2v) is 7.06. The lowest BCUT2D eigenvalue weighted by Crippen LogP contribution is -2.50. The summed E-state index contributed by atoms with van der Waals surface area (Å²) in [4.78, 5) is 0.190. The van der Waals surface area contributed by atoms with Crippen LogP contribution in [0.1, 0.15) is 26.7 Å². The molecule has 17 heavy (non-hydrogen) atoms. The molecule has 0 saturated carbocycles. The fourth-order valence-electron chi connectivity index (χ4n) is 1.78. The Morgan fingerprint density at radius 2 is 1.94 bits per heavy atom. The summed E-state index contributed by atoms with van der Waals surface area (Å²) in [6.45, 7) is 4.75. The summed E-state index contributed by atoms with van der Waals surface area (Å²) in [6.07, 6.45) is 1.05. The first-order valence-electron chi connectivity index (χ1n) is 5.73. The van der Waals surface area contributed by atoms with Crippen LogP contribution in [-0.2, 0) is 14.8 Å². The molecule has 0 spiro atoms. The maximum Gasteiger partial charge on any atom is 0.215 e. The van der Waals surface area contributed by atoms with Crippen molar-refractivity contribution in [1.82, 2.24) is 4.72 Å². The molecule has 3 N–H and O–H groups in total. The highest BCUT2D eigenvalue weighted by atomic mass is 32.2. The van der Waals surface area contributed by atoms with E-state index in [-0.39, 0.29) is 10.9 Å². The molecule has 1 atom stereocenters. The third-order valence-corrected chi connectivity index (χ3v) is 5.06. The zero-order valence-corrected chi connectivity index (χ0v) is 11.8. The minimum absolute atomic E-state index is 0.0436. The molecule has 1 rings (SSSR count). The van der Waals surface area contributed by atoms with E-state index in [1.807, 2.05) is 13.8 Å². The monoisotopic (exact) mass is 280 g/mol. The number of thiocarbonyl (C=S) groups is 1. The Kier molecular flexibility index (Phi) is 5.30. The van der Waals surface area contributed by atoms with E-state index in [2.05, 4.69) is 4.72 Å². The van der Waals surface area contributed by atoms with Crippen molar-refractivity contribution in [3.8, 4) is 0 Å². The van der Waals surface area contributed by atoms with Gasteiger partial charge in [0.05, 0.1) is 16.3 Å². The number of nitrogens with one attached hydrogen (secondary N) is 1. The van der Waals surface area contributed by atoms with E-state index in [9.17, 15) is 8.42 Å². The summed E-state index contributed by atoms with van der Waals surface area (Å²) in [5.74, 6) is 0.0436. The van der Waals surface area contributed by atoms with Gasteiger partial charge in [-0.1, -0.05) is 26.1 Å². The van der Waals surface area contributed by atoms with Gasteiger partial charge in [0.15, 0.2) is 0 Å². The molecule has 0 aromatic carbocycles. The van der Waals surface area contributed by atoms with Gasteiger partial charge in [-0.2, -0.15) is 0 Å². The Morgan fingerprint density at radius 1 is 1.41 bits per heavy atom. The van der Waals surface area contributed by atoms with E-state index in [0.717, 1.165) is 0 Å². The number of hydrogen-bond acceptors (Lipinski definition) is 4. The Morgan fingerprint density at radius 3 is 2.35 bits per heavy atom. The molecular formula is C10H20N2O3S2. The summed E-state index contributed by atoms with van der Waals surface area (Å²) in [5, 5.41) is -0.396. The van der Waals surface area contributed by atoms with Crippen LogP contribution < -0.4 is 10.5 Å². The molecule has 0 bridgehead atoms. The third kappa shape index (κ3) is 4.17. The van der Waals surface area contributed by atoms with Crippen LogP contribution in [0.4, 0.5) is 0 Å². The molecule has 1 fully saturated rings. The Bertz CT molecular complexity index is 362. The fourth-order valence-corrected chi connectivity index (χ4v) is 3.95. The van der Waals surface area contributed by atoms with Crippen LogP contribution in [0.3, 0.4) is 0 Å². The topological polar surface area (TPSA) is 81.4 Å². The van der Waals surface area contributed by atoms with E-state index < -0.39 is 21.3 Å². The van der Waals surface area contributed by atoms with Crippen LogP contribution >= 0.6 is 12.2 Å². The first kappa shape index (κ1) is 14.8. The zero-order chi connectivity index (χ0) is 13.1. The number of sulfonamides is 1. The van der Waals surface area contributed by atoms with Crippen LogP contribution in [0.25, 0.3) is 0 Å². The van der Waals surface area contributed by atoms with Crippen molar-refractivity contribution in [2.75, 3.05) is 13.2 Å². The van der Waals surface area contributed by atoms with Crippen molar-refractivity contribution in [2.45, 2.75) is 38.0 Å². The van der Waals surface area contributed by atoms with E-state index in [1.165, 1.54) is 0 Å². The lowest BCUT2D eigenvalue weighted by atomic mass is 10.1. The van der Waals surface area contributed by atoms with Gasteiger partial charge in [-0.25, -0.2) is 13.1 Å². The number of rotatable bonds is 5. The second-order valence-electron chi connectivity index (χ2n) is 4.60. The van der Waals surface area contributed by atoms with Crippen molar-refractivity contribution >= 4 is 27.2 Å². The normalized spacial score (nSPS) is 20.4. The molecule has 5 nitrogen and oxygen atoms in total. The van der Waals surface area contributed by atoms with Crippen LogP contribution in [-0.4, -0.2) is 37.9 Å². The van der Waals surface area contributed by atoms with Crippen LogP contribution in [0.2, 0.25) is 0 Å². The molecule has 1 unspecified atom stereocenters. The van der Waals surface area contributed by atoms with E-state index in [0.29, 0.717) is 26.1 Å². The fraction of sp³-hybridized carbons (Fsp3) is 0.900. The molecule has 0 aliphatic carbocycles. The van der Waals surface area contributed by atoms with Gasteiger partial charge < -0.3 is 10.5 Å². The molecule has 0 amide bonds. The highest BCUT2D eigenvalue weighted by molar-refractivity contribution is 7.90. The summed E-state index contributed by atoms with van der Waals surface area (Å²) < 4.78 is 32.0. The zero-order valence-electron chi connectivity index (χ0n) is 10.2. The lowest BCUT2D eigenvalue weighted by molar-refractivity contribution is 0.0981. The summed E-state index contributed by atoms with van der Waals surface area (Å²) in [6, 6.07) is -0.474. The van der Waals surface area contributed by atoms with Crippen molar-refractivity contribution in [1.29, 1.82) is 0 Å². The van der Waals surface area contributed by atoms with Crippen molar-refractivity contribution in [3.63, 3.8) is 0 Å². The number of hydrogen-bond donors (Lipinski definition) is 2. The third-order valence-electron chi connectivity index (χ3n) is 2.87. The summed E-state index contributed by atoms with van der Waals surface area (Å²) in [5.41, 5.74) is 5.55. The minimum Gasteiger partial charge on any atom is -0.392 e. The van der Waals surface area contributed by atoms with Gasteiger partial charge in [0.25, 0.3) is 0 Å². The maximum atomic E-state index is 12.1. The van der Waals surface area contributed by atoms with Gasteiger partial charge in [-0.15, -0.1) is 0 Å². The average Bonchev–Trinajstić information content (AvgIpc) is 2.26. The van der Waals surface area contributed by atoms with Crippen LogP contribution in [0.15, 0.2) is 0 Å². The Hall–Kier alpha value is -0.240. The molecule has 7 heteroatoms. The molecular weight excluding hydrogens is 260 g/mol. The van der Waals surface area contributed by atoms with E-state index in [1.54, 1.807) is 0 Å². The smallest absolute Gasteiger partial charge is 0.215 e.